The molecule has 1 saturated heterocycles. The largest absolute Gasteiger partial charge is 0.461 e. The van der Waals surface area contributed by atoms with Crippen LogP contribution in [0.15, 0.2) is 18.2 Å². The molecule has 23 heavy (non-hydrogen) atoms. The molecule has 1 fully saturated rings. The molecule has 0 saturated carbocycles. The molecule has 5 nitrogen and oxygen atoms in total. The SMILES string of the molecule is CCC(CN)OC(C)=O.Cc1ccc(N2CCOCC2)c(F)c1. The molecule has 0 bridgehead atoms. The Kier molecular flexibility index (Phi) is 8.58. The lowest BCUT2D eigenvalue weighted by Gasteiger charge is -2.29. The molecule has 0 amide bonds. The van der Waals surface area contributed by atoms with Crippen LogP contribution in [-0.2, 0) is 14.3 Å². The molecule has 1 unspecified atom stereocenters. The van der Waals surface area contributed by atoms with Crippen molar-refractivity contribution in [3.63, 3.8) is 0 Å². The summed E-state index contributed by atoms with van der Waals surface area (Å²) in [6.45, 7) is 8.56. The number of carbonyl (C=O) groups is 1. The number of aryl methyl sites for hydroxylation is 1. The quantitative estimate of drug-likeness (QED) is 0.860. The minimum absolute atomic E-state index is 0.0949. The number of ether oxygens (including phenoxy) is 2. The van der Waals surface area contributed by atoms with Gasteiger partial charge in [0.1, 0.15) is 11.9 Å². The summed E-state index contributed by atoms with van der Waals surface area (Å²) in [4.78, 5) is 12.3. The van der Waals surface area contributed by atoms with Gasteiger partial charge in [0.2, 0.25) is 0 Å². The molecule has 1 aromatic carbocycles. The van der Waals surface area contributed by atoms with Crippen LogP contribution < -0.4 is 10.6 Å². The number of nitrogens with zero attached hydrogens (tertiary/aromatic N) is 1. The van der Waals surface area contributed by atoms with E-state index >= 15 is 0 Å². The van der Waals surface area contributed by atoms with Crippen LogP contribution >= 0.6 is 0 Å². The van der Waals surface area contributed by atoms with Gasteiger partial charge >= 0.3 is 5.97 Å². The van der Waals surface area contributed by atoms with Gasteiger partial charge in [-0.15, -0.1) is 0 Å². The Labute approximate surface area is 137 Å². The molecule has 2 N–H and O–H groups in total. The highest BCUT2D eigenvalue weighted by Crippen LogP contribution is 2.20. The van der Waals surface area contributed by atoms with E-state index in [4.69, 9.17) is 15.2 Å². The summed E-state index contributed by atoms with van der Waals surface area (Å²) < 4.78 is 23.6. The summed E-state index contributed by atoms with van der Waals surface area (Å²) >= 11 is 0. The van der Waals surface area contributed by atoms with Crippen molar-refractivity contribution in [2.75, 3.05) is 37.7 Å². The van der Waals surface area contributed by atoms with Gasteiger partial charge in [0, 0.05) is 26.6 Å². The highest BCUT2D eigenvalue weighted by Gasteiger charge is 2.14. The van der Waals surface area contributed by atoms with Crippen molar-refractivity contribution < 1.29 is 18.7 Å². The molecule has 1 aliphatic rings. The van der Waals surface area contributed by atoms with Crippen LogP contribution in [0.25, 0.3) is 0 Å². The Morgan fingerprint density at radius 1 is 1.43 bits per heavy atom. The van der Waals surface area contributed by atoms with Crippen LogP contribution in [0.3, 0.4) is 0 Å². The van der Waals surface area contributed by atoms with Gasteiger partial charge < -0.3 is 20.1 Å². The molecule has 0 spiro atoms. The van der Waals surface area contributed by atoms with Crippen molar-refractivity contribution in [3.8, 4) is 0 Å². The Morgan fingerprint density at radius 3 is 2.52 bits per heavy atom. The van der Waals surface area contributed by atoms with Crippen LogP contribution in [0.1, 0.15) is 25.8 Å². The van der Waals surface area contributed by atoms with E-state index in [1.807, 2.05) is 30.9 Å². The predicted molar refractivity (Wildman–Crippen MR) is 89.1 cm³/mol. The second kappa shape index (κ2) is 10.2. The number of rotatable bonds is 4. The first-order valence-corrected chi connectivity index (χ1v) is 7.94. The average molecular weight is 326 g/mol. The summed E-state index contributed by atoms with van der Waals surface area (Å²) in [7, 11) is 0. The van der Waals surface area contributed by atoms with Gasteiger partial charge in [-0.25, -0.2) is 4.39 Å². The molecule has 0 radical (unpaired) electrons. The first-order chi connectivity index (χ1) is 11.0. The zero-order valence-corrected chi connectivity index (χ0v) is 14.2. The average Bonchev–Trinajstić information content (AvgIpc) is 2.54. The minimum Gasteiger partial charge on any atom is -0.461 e. The molecule has 1 heterocycles. The fourth-order valence-corrected chi connectivity index (χ4v) is 2.21. The van der Waals surface area contributed by atoms with Crippen LogP contribution in [0.5, 0.6) is 0 Å². The number of halogens is 1. The summed E-state index contributed by atoms with van der Waals surface area (Å²) in [6, 6.07) is 5.36. The maximum atomic E-state index is 13.6. The molecule has 1 aliphatic heterocycles. The molecule has 6 heteroatoms. The van der Waals surface area contributed by atoms with E-state index in [2.05, 4.69) is 0 Å². The van der Waals surface area contributed by atoms with Gasteiger partial charge in [-0.1, -0.05) is 13.0 Å². The lowest BCUT2D eigenvalue weighted by Crippen LogP contribution is -2.36. The van der Waals surface area contributed by atoms with Gasteiger partial charge in [0.25, 0.3) is 0 Å². The number of carbonyl (C=O) groups excluding carboxylic acids is 1. The topological polar surface area (TPSA) is 64.8 Å². The maximum Gasteiger partial charge on any atom is 0.302 e. The van der Waals surface area contributed by atoms with E-state index in [-0.39, 0.29) is 17.9 Å². The zero-order chi connectivity index (χ0) is 17.2. The number of esters is 1. The summed E-state index contributed by atoms with van der Waals surface area (Å²) in [5, 5.41) is 0. The Hall–Kier alpha value is -1.66. The number of hydrogen-bond acceptors (Lipinski definition) is 5. The molecular formula is C17H27FN2O3. The molecule has 2 rings (SSSR count). The van der Waals surface area contributed by atoms with Crippen molar-refractivity contribution in [2.24, 2.45) is 5.73 Å². The number of morpholine rings is 1. The van der Waals surface area contributed by atoms with Crippen LogP contribution in [-0.4, -0.2) is 44.9 Å². The zero-order valence-electron chi connectivity index (χ0n) is 14.2. The standard InChI is InChI=1S/C11H14FNO.C6H13NO2/c1-9-2-3-11(10(12)8-9)13-4-6-14-7-5-13;1-3-6(4-7)9-5(2)8/h2-3,8H,4-7H2,1H3;6H,3-4,7H2,1-2H3. The number of benzene rings is 1. The number of nitrogens with two attached hydrogens (primary N) is 1. The van der Waals surface area contributed by atoms with E-state index in [1.54, 1.807) is 6.07 Å². The third-order valence-electron chi connectivity index (χ3n) is 3.51. The fraction of sp³-hybridized carbons (Fsp3) is 0.588. The third kappa shape index (κ3) is 6.97. The van der Waals surface area contributed by atoms with E-state index < -0.39 is 0 Å². The van der Waals surface area contributed by atoms with Crippen LogP contribution in [0, 0.1) is 12.7 Å². The normalized spacial score (nSPS) is 15.4. The fourth-order valence-electron chi connectivity index (χ4n) is 2.21. The highest BCUT2D eigenvalue weighted by molar-refractivity contribution is 5.66. The Morgan fingerprint density at radius 2 is 2.09 bits per heavy atom. The molecule has 0 aliphatic carbocycles. The summed E-state index contributed by atoms with van der Waals surface area (Å²) in [6.07, 6.45) is 0.693. The second-order valence-corrected chi connectivity index (χ2v) is 5.43. The second-order valence-electron chi connectivity index (χ2n) is 5.43. The van der Waals surface area contributed by atoms with Gasteiger partial charge in [-0.05, 0) is 31.0 Å². The molecule has 130 valence electrons. The van der Waals surface area contributed by atoms with Crippen LogP contribution in [0.4, 0.5) is 10.1 Å². The van der Waals surface area contributed by atoms with E-state index in [0.29, 0.717) is 25.4 Å². The van der Waals surface area contributed by atoms with Crippen LogP contribution in [0.2, 0.25) is 0 Å². The third-order valence-corrected chi connectivity index (χ3v) is 3.51. The summed E-state index contributed by atoms with van der Waals surface area (Å²) in [5.74, 6) is -0.390. The van der Waals surface area contributed by atoms with Crippen molar-refractivity contribution in [1.82, 2.24) is 0 Å². The molecule has 1 atom stereocenters. The lowest BCUT2D eigenvalue weighted by atomic mass is 10.2. The monoisotopic (exact) mass is 326 g/mol. The van der Waals surface area contributed by atoms with E-state index in [9.17, 15) is 9.18 Å². The Balaban J connectivity index is 0.000000257. The minimum atomic E-state index is -0.257. The van der Waals surface area contributed by atoms with Gasteiger partial charge in [0.15, 0.2) is 0 Å². The van der Waals surface area contributed by atoms with E-state index in [1.165, 1.54) is 6.92 Å². The first-order valence-electron chi connectivity index (χ1n) is 7.94. The van der Waals surface area contributed by atoms with Gasteiger partial charge in [0.05, 0.1) is 18.9 Å². The van der Waals surface area contributed by atoms with Crippen molar-refractivity contribution >= 4 is 11.7 Å². The smallest absolute Gasteiger partial charge is 0.302 e. The molecular weight excluding hydrogens is 299 g/mol. The van der Waals surface area contributed by atoms with Gasteiger partial charge in [-0.2, -0.15) is 0 Å². The van der Waals surface area contributed by atoms with Gasteiger partial charge in [-0.3, -0.25) is 4.79 Å². The lowest BCUT2D eigenvalue weighted by molar-refractivity contribution is -0.145. The number of hydrogen-bond donors (Lipinski definition) is 1. The summed E-state index contributed by atoms with van der Waals surface area (Å²) in [5.41, 5.74) is 6.91. The molecule has 1 aromatic rings. The molecule has 0 aromatic heterocycles. The van der Waals surface area contributed by atoms with Crippen molar-refractivity contribution in [3.05, 3.63) is 29.6 Å². The first kappa shape index (κ1) is 19.4. The van der Waals surface area contributed by atoms with Crippen molar-refractivity contribution in [1.29, 1.82) is 0 Å². The van der Waals surface area contributed by atoms with Crippen molar-refractivity contribution in [2.45, 2.75) is 33.3 Å². The Bertz CT molecular complexity index is 487. The van der Waals surface area contributed by atoms with E-state index in [0.717, 1.165) is 25.1 Å². The number of anilines is 1. The predicted octanol–water partition coefficient (Wildman–Crippen LogP) is 2.26. The maximum absolute atomic E-state index is 13.6. The highest BCUT2D eigenvalue weighted by atomic mass is 19.1.